The Bertz CT molecular complexity index is 563. The smallest absolute Gasteiger partial charge is 0.150 e. The average Bonchev–Trinajstić information content (AvgIpc) is 2.83. The zero-order valence-electron chi connectivity index (χ0n) is 11.4. The van der Waals surface area contributed by atoms with Crippen molar-refractivity contribution in [2.75, 3.05) is 0 Å². The maximum Gasteiger partial charge on any atom is 0.150 e. The molecule has 1 aromatic carbocycles. The Morgan fingerprint density at radius 1 is 1.21 bits per heavy atom. The lowest BCUT2D eigenvalue weighted by Gasteiger charge is -2.09. The third-order valence-electron chi connectivity index (χ3n) is 3.13. The molecule has 2 rings (SSSR count). The average molecular weight is 262 g/mol. The fourth-order valence-electron chi connectivity index (χ4n) is 2.06. The van der Waals surface area contributed by atoms with E-state index < -0.39 is 0 Å². The maximum absolute atomic E-state index is 13.2. The fourth-order valence-corrected chi connectivity index (χ4v) is 2.06. The summed E-state index contributed by atoms with van der Waals surface area (Å²) in [5.41, 5.74) is 7.47. The second-order valence-corrected chi connectivity index (χ2v) is 4.43. The van der Waals surface area contributed by atoms with Crippen molar-refractivity contribution >= 4 is 0 Å². The third-order valence-corrected chi connectivity index (χ3v) is 3.13. The van der Waals surface area contributed by atoms with Gasteiger partial charge in [0.2, 0.25) is 0 Å². The van der Waals surface area contributed by atoms with Gasteiger partial charge in [0.15, 0.2) is 5.82 Å². The normalized spacial score (nSPS) is 10.9. The molecular weight excluding hydrogens is 243 g/mol. The molecule has 0 unspecified atom stereocenters. The van der Waals surface area contributed by atoms with Crippen molar-refractivity contribution in [3.8, 4) is 0 Å². The molecule has 19 heavy (non-hydrogen) atoms. The summed E-state index contributed by atoms with van der Waals surface area (Å²) in [6.07, 6.45) is 1.64. The molecule has 0 aliphatic heterocycles. The summed E-state index contributed by atoms with van der Waals surface area (Å²) in [6.45, 7) is 4.99. The number of nitrogens with zero attached hydrogens (tertiary/aromatic N) is 3. The first-order valence-corrected chi connectivity index (χ1v) is 6.57. The molecule has 0 saturated heterocycles. The predicted molar refractivity (Wildman–Crippen MR) is 72.2 cm³/mol. The molecule has 0 bridgehead atoms. The van der Waals surface area contributed by atoms with Crippen LogP contribution >= 0.6 is 0 Å². The van der Waals surface area contributed by atoms with Crippen LogP contribution in [0.1, 0.15) is 36.6 Å². The number of aromatic nitrogens is 3. The number of nitrogens with two attached hydrogens (primary N) is 1. The van der Waals surface area contributed by atoms with Gasteiger partial charge >= 0.3 is 0 Å². The van der Waals surface area contributed by atoms with Crippen LogP contribution in [0.15, 0.2) is 18.2 Å². The molecule has 4 nitrogen and oxygen atoms in total. The molecule has 0 aliphatic rings. The van der Waals surface area contributed by atoms with E-state index in [0.29, 0.717) is 13.1 Å². The number of hydrogen-bond donors (Lipinski definition) is 1. The number of hydrogen-bond acceptors (Lipinski definition) is 3. The van der Waals surface area contributed by atoms with Crippen LogP contribution in [0.2, 0.25) is 0 Å². The van der Waals surface area contributed by atoms with Crippen LogP contribution in [-0.4, -0.2) is 14.8 Å². The standard InChI is InChI=1S/C14H19FN4/c1-3-13-17-14(4-2)19(18-13)9-10-5-6-12(15)7-11(10)8-16/h5-7H,3-4,8-9,16H2,1-2H3. The van der Waals surface area contributed by atoms with Gasteiger partial charge in [0, 0.05) is 19.4 Å². The predicted octanol–water partition coefficient (Wildman–Crippen LogP) is 2.05. The molecule has 0 spiro atoms. The van der Waals surface area contributed by atoms with Gasteiger partial charge in [-0.25, -0.2) is 14.1 Å². The molecule has 1 heterocycles. The summed E-state index contributed by atoms with van der Waals surface area (Å²) in [5, 5.41) is 4.46. The Balaban J connectivity index is 2.32. The summed E-state index contributed by atoms with van der Waals surface area (Å²) in [7, 11) is 0. The Hall–Kier alpha value is -1.75. The van der Waals surface area contributed by atoms with Gasteiger partial charge in [0.1, 0.15) is 11.6 Å². The maximum atomic E-state index is 13.2. The summed E-state index contributed by atoms with van der Waals surface area (Å²) in [5.74, 6) is 1.53. The second-order valence-electron chi connectivity index (χ2n) is 4.43. The number of rotatable bonds is 5. The highest BCUT2D eigenvalue weighted by Crippen LogP contribution is 2.13. The first-order chi connectivity index (χ1) is 9.17. The molecule has 0 saturated carbocycles. The largest absolute Gasteiger partial charge is 0.326 e. The van der Waals surface area contributed by atoms with Gasteiger partial charge in [-0.3, -0.25) is 0 Å². The molecule has 1 aromatic heterocycles. The highest BCUT2D eigenvalue weighted by atomic mass is 19.1. The van der Waals surface area contributed by atoms with Crippen molar-refractivity contribution in [3.05, 3.63) is 46.8 Å². The SMILES string of the molecule is CCc1nc(CC)n(Cc2ccc(F)cc2CN)n1. The summed E-state index contributed by atoms with van der Waals surface area (Å²) >= 11 is 0. The molecular formula is C14H19FN4. The van der Waals surface area contributed by atoms with Crippen LogP contribution in [0.3, 0.4) is 0 Å². The zero-order chi connectivity index (χ0) is 13.8. The summed E-state index contributed by atoms with van der Waals surface area (Å²) < 4.78 is 15.1. The van der Waals surface area contributed by atoms with E-state index in [2.05, 4.69) is 17.0 Å². The monoisotopic (exact) mass is 262 g/mol. The Labute approximate surface area is 112 Å². The second kappa shape index (κ2) is 5.93. The lowest BCUT2D eigenvalue weighted by Crippen LogP contribution is -2.10. The minimum atomic E-state index is -0.257. The van der Waals surface area contributed by atoms with Gasteiger partial charge in [-0.1, -0.05) is 19.9 Å². The fraction of sp³-hybridized carbons (Fsp3) is 0.429. The van der Waals surface area contributed by atoms with E-state index in [0.717, 1.165) is 35.6 Å². The number of halogens is 1. The van der Waals surface area contributed by atoms with Gasteiger partial charge in [0.25, 0.3) is 0 Å². The lowest BCUT2D eigenvalue weighted by molar-refractivity contribution is 0.613. The van der Waals surface area contributed by atoms with Crippen molar-refractivity contribution < 1.29 is 4.39 Å². The van der Waals surface area contributed by atoms with Crippen LogP contribution in [0, 0.1) is 5.82 Å². The van der Waals surface area contributed by atoms with Crippen LogP contribution < -0.4 is 5.73 Å². The van der Waals surface area contributed by atoms with E-state index in [-0.39, 0.29) is 5.82 Å². The van der Waals surface area contributed by atoms with E-state index in [4.69, 9.17) is 5.73 Å². The quantitative estimate of drug-likeness (QED) is 0.897. The molecule has 0 aliphatic carbocycles. The van der Waals surface area contributed by atoms with E-state index in [1.807, 2.05) is 11.6 Å². The highest BCUT2D eigenvalue weighted by molar-refractivity contribution is 5.28. The minimum absolute atomic E-state index is 0.257. The topological polar surface area (TPSA) is 56.7 Å². The number of aryl methyl sites for hydroxylation is 2. The van der Waals surface area contributed by atoms with Crippen LogP contribution in [0.4, 0.5) is 4.39 Å². The van der Waals surface area contributed by atoms with Gasteiger partial charge in [-0.15, -0.1) is 0 Å². The Kier molecular flexibility index (Phi) is 4.27. The first kappa shape index (κ1) is 13.7. The van der Waals surface area contributed by atoms with Crippen LogP contribution in [0.25, 0.3) is 0 Å². The van der Waals surface area contributed by atoms with Gasteiger partial charge in [-0.05, 0) is 23.3 Å². The zero-order valence-corrected chi connectivity index (χ0v) is 11.4. The molecule has 0 amide bonds. The van der Waals surface area contributed by atoms with Crippen molar-refractivity contribution in [2.24, 2.45) is 5.73 Å². The first-order valence-electron chi connectivity index (χ1n) is 6.57. The van der Waals surface area contributed by atoms with Gasteiger partial charge in [0.05, 0.1) is 6.54 Å². The van der Waals surface area contributed by atoms with E-state index in [1.54, 1.807) is 6.07 Å². The van der Waals surface area contributed by atoms with E-state index in [9.17, 15) is 4.39 Å². The third kappa shape index (κ3) is 2.98. The molecule has 0 radical (unpaired) electrons. The number of benzene rings is 1. The molecule has 2 N–H and O–H groups in total. The molecule has 102 valence electrons. The van der Waals surface area contributed by atoms with Crippen molar-refractivity contribution in [3.63, 3.8) is 0 Å². The molecule has 0 fully saturated rings. The highest BCUT2D eigenvalue weighted by Gasteiger charge is 2.10. The van der Waals surface area contributed by atoms with E-state index in [1.165, 1.54) is 12.1 Å². The molecule has 5 heteroatoms. The Morgan fingerprint density at radius 3 is 2.63 bits per heavy atom. The van der Waals surface area contributed by atoms with Crippen LogP contribution in [0.5, 0.6) is 0 Å². The van der Waals surface area contributed by atoms with Gasteiger partial charge < -0.3 is 5.73 Å². The Morgan fingerprint density at radius 2 is 2.00 bits per heavy atom. The van der Waals surface area contributed by atoms with Crippen molar-refractivity contribution in [1.82, 2.24) is 14.8 Å². The lowest BCUT2D eigenvalue weighted by atomic mass is 10.1. The van der Waals surface area contributed by atoms with Gasteiger partial charge in [-0.2, -0.15) is 5.10 Å². The molecule has 0 atom stereocenters. The summed E-state index contributed by atoms with van der Waals surface area (Å²) in [4.78, 5) is 4.46. The van der Waals surface area contributed by atoms with Crippen molar-refractivity contribution in [2.45, 2.75) is 39.8 Å². The minimum Gasteiger partial charge on any atom is -0.326 e. The summed E-state index contributed by atoms with van der Waals surface area (Å²) in [6, 6.07) is 4.71. The van der Waals surface area contributed by atoms with Crippen molar-refractivity contribution in [1.29, 1.82) is 0 Å². The van der Waals surface area contributed by atoms with E-state index >= 15 is 0 Å². The van der Waals surface area contributed by atoms with Crippen LogP contribution in [-0.2, 0) is 25.9 Å². The molecule has 2 aromatic rings.